The van der Waals surface area contributed by atoms with Crippen molar-refractivity contribution in [1.82, 2.24) is 19.6 Å². The molecule has 0 radical (unpaired) electrons. The molecule has 0 bridgehead atoms. The number of methoxy groups -OCH3 is 1. The second kappa shape index (κ2) is 11.7. The number of carbonyl (C=O) groups is 2. The summed E-state index contributed by atoms with van der Waals surface area (Å²) in [6.07, 6.45) is 4.17. The molecule has 2 heterocycles. The highest BCUT2D eigenvalue weighted by Crippen LogP contribution is 2.28. The number of nitrogens with zero attached hydrogens (tertiary/aromatic N) is 4. The number of para-hydroxylation sites is 2. The van der Waals surface area contributed by atoms with Crippen molar-refractivity contribution < 1.29 is 19.1 Å². The minimum atomic E-state index is -0.0831. The van der Waals surface area contributed by atoms with E-state index in [9.17, 15) is 9.59 Å². The van der Waals surface area contributed by atoms with Crippen LogP contribution in [0.1, 0.15) is 28.9 Å². The first-order valence-electron chi connectivity index (χ1n) is 12.3. The lowest BCUT2D eigenvalue weighted by atomic mass is 9.85. The SMILES string of the molecule is COc1ccccc1OCC(=O)N1CCC([C@@H](Cc2ccccc2)N(C)C(=O)c2ccn(C)n2)CC1. The van der Waals surface area contributed by atoms with Crippen molar-refractivity contribution in [2.75, 3.05) is 33.9 Å². The van der Waals surface area contributed by atoms with Gasteiger partial charge in [-0.2, -0.15) is 5.10 Å². The van der Waals surface area contributed by atoms with Crippen LogP contribution in [0.15, 0.2) is 66.9 Å². The van der Waals surface area contributed by atoms with Gasteiger partial charge in [0.1, 0.15) is 5.69 Å². The van der Waals surface area contributed by atoms with Crippen LogP contribution in [0, 0.1) is 5.92 Å². The highest BCUT2D eigenvalue weighted by molar-refractivity contribution is 5.92. The first kappa shape index (κ1) is 25.3. The molecule has 1 aliphatic rings. The Morgan fingerprint density at radius 3 is 2.33 bits per heavy atom. The number of ether oxygens (including phenoxy) is 2. The first-order chi connectivity index (χ1) is 17.5. The van der Waals surface area contributed by atoms with Crippen molar-refractivity contribution in [1.29, 1.82) is 0 Å². The zero-order chi connectivity index (χ0) is 25.5. The van der Waals surface area contributed by atoms with Crippen LogP contribution in [0.4, 0.5) is 0 Å². The Morgan fingerprint density at radius 2 is 1.69 bits per heavy atom. The molecule has 2 aromatic carbocycles. The van der Waals surface area contributed by atoms with Gasteiger partial charge in [0.2, 0.25) is 0 Å². The maximum atomic E-state index is 13.2. The van der Waals surface area contributed by atoms with E-state index < -0.39 is 0 Å². The van der Waals surface area contributed by atoms with Crippen molar-refractivity contribution in [3.05, 3.63) is 78.1 Å². The largest absolute Gasteiger partial charge is 0.493 e. The number of aromatic nitrogens is 2. The Kier molecular flexibility index (Phi) is 8.25. The number of hydrogen-bond donors (Lipinski definition) is 0. The first-order valence-corrected chi connectivity index (χ1v) is 12.3. The summed E-state index contributed by atoms with van der Waals surface area (Å²) in [7, 11) is 5.25. The van der Waals surface area contributed by atoms with E-state index in [-0.39, 0.29) is 30.4 Å². The van der Waals surface area contributed by atoms with Gasteiger partial charge in [-0.05, 0) is 48.9 Å². The van der Waals surface area contributed by atoms with Crippen molar-refractivity contribution in [3.8, 4) is 11.5 Å². The summed E-state index contributed by atoms with van der Waals surface area (Å²) in [5.41, 5.74) is 1.63. The van der Waals surface area contributed by atoms with Crippen LogP contribution in [0.5, 0.6) is 11.5 Å². The topological polar surface area (TPSA) is 76.9 Å². The van der Waals surface area contributed by atoms with Gasteiger partial charge < -0.3 is 19.3 Å². The molecule has 1 saturated heterocycles. The van der Waals surface area contributed by atoms with E-state index in [0.29, 0.717) is 30.3 Å². The third-order valence-electron chi connectivity index (χ3n) is 6.89. The molecule has 0 unspecified atom stereocenters. The summed E-state index contributed by atoms with van der Waals surface area (Å²) in [6.45, 7) is 1.24. The van der Waals surface area contributed by atoms with Crippen molar-refractivity contribution >= 4 is 11.8 Å². The molecule has 0 saturated carbocycles. The van der Waals surface area contributed by atoms with E-state index in [2.05, 4.69) is 17.2 Å². The van der Waals surface area contributed by atoms with Crippen molar-refractivity contribution in [2.24, 2.45) is 13.0 Å². The lowest BCUT2D eigenvalue weighted by Crippen LogP contribution is -2.49. The number of rotatable bonds is 9. The summed E-state index contributed by atoms with van der Waals surface area (Å²) in [5.74, 6) is 1.30. The fraction of sp³-hybridized carbons (Fsp3) is 0.393. The van der Waals surface area contributed by atoms with E-state index in [4.69, 9.17) is 9.47 Å². The summed E-state index contributed by atoms with van der Waals surface area (Å²) < 4.78 is 12.7. The van der Waals surface area contributed by atoms with Crippen LogP contribution < -0.4 is 9.47 Å². The fourth-order valence-electron chi connectivity index (χ4n) is 4.84. The van der Waals surface area contributed by atoms with Crippen LogP contribution in [0.25, 0.3) is 0 Å². The molecule has 4 rings (SSSR count). The molecule has 3 aromatic rings. The lowest BCUT2D eigenvalue weighted by Gasteiger charge is -2.40. The molecule has 1 aliphatic heterocycles. The quantitative estimate of drug-likeness (QED) is 0.459. The van der Waals surface area contributed by atoms with Crippen LogP contribution in [-0.2, 0) is 18.3 Å². The molecule has 1 aromatic heterocycles. The highest BCUT2D eigenvalue weighted by atomic mass is 16.5. The molecule has 36 heavy (non-hydrogen) atoms. The molecule has 0 N–H and O–H groups in total. The predicted octanol–water partition coefficient (Wildman–Crippen LogP) is 3.43. The number of piperidine rings is 1. The van der Waals surface area contributed by atoms with Crippen LogP contribution >= 0.6 is 0 Å². The van der Waals surface area contributed by atoms with Gasteiger partial charge in [-0.3, -0.25) is 14.3 Å². The van der Waals surface area contributed by atoms with E-state index >= 15 is 0 Å². The number of benzene rings is 2. The molecule has 0 aliphatic carbocycles. The zero-order valence-electron chi connectivity index (χ0n) is 21.2. The average Bonchev–Trinajstić information content (AvgIpc) is 3.36. The molecule has 1 fully saturated rings. The standard InChI is InChI=1S/C28H34N4O4/c1-30-16-15-23(29-30)28(34)31(2)24(19-21-9-5-4-6-10-21)22-13-17-32(18-14-22)27(33)20-36-26-12-8-7-11-25(26)35-3/h4-12,15-16,22,24H,13-14,17-20H2,1-3H3/t24-/m1/s1. The average molecular weight is 491 g/mol. The molecule has 0 spiro atoms. The molecule has 190 valence electrons. The highest BCUT2D eigenvalue weighted by Gasteiger charge is 2.33. The molecule has 1 atom stereocenters. The maximum absolute atomic E-state index is 13.2. The van der Waals surface area contributed by atoms with Crippen LogP contribution in [0.2, 0.25) is 0 Å². The van der Waals surface area contributed by atoms with Gasteiger partial charge in [-0.25, -0.2) is 0 Å². The lowest BCUT2D eigenvalue weighted by molar-refractivity contribution is -0.135. The van der Waals surface area contributed by atoms with E-state index in [0.717, 1.165) is 19.3 Å². The Bertz CT molecular complexity index is 1160. The van der Waals surface area contributed by atoms with Gasteiger partial charge in [0.05, 0.1) is 7.11 Å². The molecule has 8 nitrogen and oxygen atoms in total. The minimum Gasteiger partial charge on any atom is -0.493 e. The summed E-state index contributed by atoms with van der Waals surface area (Å²) in [6, 6.07) is 19.3. The second-order valence-electron chi connectivity index (χ2n) is 9.21. The second-order valence-corrected chi connectivity index (χ2v) is 9.21. The van der Waals surface area contributed by atoms with Crippen molar-refractivity contribution in [2.45, 2.75) is 25.3 Å². The number of likely N-dealkylation sites (N-methyl/N-ethyl adjacent to an activating group) is 1. The third-order valence-corrected chi connectivity index (χ3v) is 6.89. The smallest absolute Gasteiger partial charge is 0.274 e. The number of carbonyl (C=O) groups excluding carboxylic acids is 2. The van der Waals surface area contributed by atoms with Gasteiger partial charge in [0.25, 0.3) is 11.8 Å². The van der Waals surface area contributed by atoms with Gasteiger partial charge in [-0.1, -0.05) is 42.5 Å². The Hall–Kier alpha value is -3.81. The summed E-state index contributed by atoms with van der Waals surface area (Å²) in [4.78, 5) is 29.8. The Labute approximate surface area is 212 Å². The van der Waals surface area contributed by atoms with Crippen LogP contribution in [0.3, 0.4) is 0 Å². The van der Waals surface area contributed by atoms with Crippen LogP contribution in [-0.4, -0.2) is 71.3 Å². The van der Waals surface area contributed by atoms with Gasteiger partial charge in [-0.15, -0.1) is 0 Å². The monoisotopic (exact) mass is 490 g/mol. The zero-order valence-corrected chi connectivity index (χ0v) is 21.2. The van der Waals surface area contributed by atoms with Crippen molar-refractivity contribution in [3.63, 3.8) is 0 Å². The fourth-order valence-corrected chi connectivity index (χ4v) is 4.84. The van der Waals surface area contributed by atoms with E-state index in [1.54, 1.807) is 36.2 Å². The normalized spacial score (nSPS) is 14.8. The van der Waals surface area contributed by atoms with E-state index in [1.165, 1.54) is 5.56 Å². The number of aryl methyl sites for hydroxylation is 1. The summed E-state index contributed by atoms with van der Waals surface area (Å²) >= 11 is 0. The maximum Gasteiger partial charge on any atom is 0.274 e. The third kappa shape index (κ3) is 6.05. The van der Waals surface area contributed by atoms with Gasteiger partial charge in [0.15, 0.2) is 18.1 Å². The Morgan fingerprint density at radius 1 is 1.03 bits per heavy atom. The molecular weight excluding hydrogens is 456 g/mol. The van der Waals surface area contributed by atoms with E-state index in [1.807, 2.05) is 54.2 Å². The number of likely N-dealkylation sites (tertiary alicyclic amines) is 1. The minimum absolute atomic E-state index is 0.00369. The van der Waals surface area contributed by atoms with Gasteiger partial charge >= 0.3 is 0 Å². The number of amides is 2. The predicted molar refractivity (Wildman–Crippen MR) is 137 cm³/mol. The molecule has 2 amide bonds. The number of hydrogen-bond acceptors (Lipinski definition) is 5. The summed E-state index contributed by atoms with van der Waals surface area (Å²) in [5, 5.41) is 4.31. The molecular formula is C28H34N4O4. The Balaban J connectivity index is 1.40. The molecule has 8 heteroatoms. The van der Waals surface area contributed by atoms with Gasteiger partial charge in [0, 0.05) is 39.4 Å².